The minimum Gasteiger partial charge on any atom is -0.497 e. The Bertz CT molecular complexity index is 598. The minimum absolute atomic E-state index is 0.00548. The number of methoxy groups -OCH3 is 1. The molecule has 1 heterocycles. The van der Waals surface area contributed by atoms with Gasteiger partial charge >= 0.3 is 0 Å². The normalized spacial score (nSPS) is 10.3. The van der Waals surface area contributed by atoms with Crippen molar-refractivity contribution in [1.29, 1.82) is 0 Å². The lowest BCUT2D eigenvalue weighted by Gasteiger charge is -2.06. The molecule has 0 radical (unpaired) electrons. The number of carbonyl (C=O) groups is 1. The monoisotopic (exact) mass is 280 g/mol. The Hall–Kier alpha value is -1.95. The number of halogens is 1. The zero-order valence-corrected chi connectivity index (χ0v) is 11.4. The van der Waals surface area contributed by atoms with Gasteiger partial charge in [0.15, 0.2) is 0 Å². The highest BCUT2D eigenvalue weighted by atomic mass is 32.1. The smallest absolute Gasteiger partial charge is 0.254 e. The Balaban J connectivity index is 2.03. The minimum atomic E-state index is -0.604. The van der Waals surface area contributed by atoms with Crippen molar-refractivity contribution in [2.24, 2.45) is 0 Å². The highest BCUT2D eigenvalue weighted by Crippen LogP contribution is 2.16. The Morgan fingerprint density at radius 3 is 2.89 bits per heavy atom. The zero-order valence-electron chi connectivity index (χ0n) is 10.6. The van der Waals surface area contributed by atoms with E-state index in [4.69, 9.17) is 4.74 Å². The molecule has 0 aliphatic carbocycles. The fraction of sp³-hybridized carbons (Fsp3) is 0.231. The summed E-state index contributed by atoms with van der Waals surface area (Å²) in [5.41, 5.74) is 0.902. The van der Waals surface area contributed by atoms with Crippen LogP contribution in [0.15, 0.2) is 23.6 Å². The molecule has 0 aliphatic heterocycles. The average molecular weight is 280 g/mol. The van der Waals surface area contributed by atoms with Crippen molar-refractivity contribution in [2.75, 3.05) is 7.11 Å². The van der Waals surface area contributed by atoms with Gasteiger partial charge in [-0.2, -0.15) is 0 Å². The summed E-state index contributed by atoms with van der Waals surface area (Å²) in [7, 11) is 1.44. The number of amides is 1. The molecule has 0 fully saturated rings. The first kappa shape index (κ1) is 13.5. The van der Waals surface area contributed by atoms with E-state index in [1.807, 2.05) is 12.3 Å². The standard InChI is InChI=1S/C13H13FN2O2S/c1-8-7-19-12(16-8)6-15-13(17)10-4-3-9(18-2)5-11(10)14/h3-5,7H,6H2,1-2H3,(H,15,17). The maximum Gasteiger partial charge on any atom is 0.254 e. The maximum absolute atomic E-state index is 13.7. The molecule has 1 N–H and O–H groups in total. The van der Waals surface area contributed by atoms with Crippen LogP contribution in [0.5, 0.6) is 5.75 Å². The molecular formula is C13H13FN2O2S. The summed E-state index contributed by atoms with van der Waals surface area (Å²) >= 11 is 1.46. The van der Waals surface area contributed by atoms with Gasteiger partial charge in [-0.15, -0.1) is 11.3 Å². The number of hydrogen-bond acceptors (Lipinski definition) is 4. The highest BCUT2D eigenvalue weighted by molar-refractivity contribution is 7.09. The number of thiazole rings is 1. The number of hydrogen-bond donors (Lipinski definition) is 1. The Morgan fingerprint density at radius 1 is 1.53 bits per heavy atom. The van der Waals surface area contributed by atoms with E-state index in [1.165, 1.54) is 30.6 Å². The fourth-order valence-electron chi connectivity index (χ4n) is 1.54. The Labute approximate surface area is 114 Å². The molecule has 1 aromatic heterocycles. The van der Waals surface area contributed by atoms with E-state index in [0.29, 0.717) is 12.3 Å². The lowest BCUT2D eigenvalue weighted by molar-refractivity contribution is 0.0946. The van der Waals surface area contributed by atoms with Gasteiger partial charge < -0.3 is 10.1 Å². The van der Waals surface area contributed by atoms with Gasteiger partial charge in [0.25, 0.3) is 5.91 Å². The van der Waals surface area contributed by atoms with Crippen LogP contribution in [0.4, 0.5) is 4.39 Å². The summed E-state index contributed by atoms with van der Waals surface area (Å²) in [5.74, 6) is -0.690. The number of rotatable bonds is 4. The number of benzene rings is 1. The van der Waals surface area contributed by atoms with E-state index < -0.39 is 11.7 Å². The van der Waals surface area contributed by atoms with Crippen LogP contribution in [0.3, 0.4) is 0 Å². The second kappa shape index (κ2) is 5.79. The van der Waals surface area contributed by atoms with Gasteiger partial charge in [-0.05, 0) is 19.1 Å². The number of aromatic nitrogens is 1. The molecule has 0 bridgehead atoms. The quantitative estimate of drug-likeness (QED) is 0.936. The van der Waals surface area contributed by atoms with E-state index in [2.05, 4.69) is 10.3 Å². The third-order valence-corrected chi connectivity index (χ3v) is 3.45. The first-order valence-corrected chi connectivity index (χ1v) is 6.51. The number of carbonyl (C=O) groups excluding carboxylic acids is 1. The molecule has 2 aromatic rings. The van der Waals surface area contributed by atoms with E-state index in [0.717, 1.165) is 10.7 Å². The van der Waals surface area contributed by atoms with Crippen LogP contribution in [-0.2, 0) is 6.54 Å². The second-order valence-corrected chi connectivity index (χ2v) is 4.85. The molecule has 2 rings (SSSR count). The predicted octanol–water partition coefficient (Wildman–Crippen LogP) is 2.53. The van der Waals surface area contributed by atoms with Crippen LogP contribution >= 0.6 is 11.3 Å². The molecule has 1 aromatic carbocycles. The van der Waals surface area contributed by atoms with Crippen LogP contribution in [-0.4, -0.2) is 18.0 Å². The van der Waals surface area contributed by atoms with E-state index in [-0.39, 0.29) is 5.56 Å². The van der Waals surface area contributed by atoms with Gasteiger partial charge in [-0.25, -0.2) is 9.37 Å². The molecular weight excluding hydrogens is 267 g/mol. The highest BCUT2D eigenvalue weighted by Gasteiger charge is 2.12. The number of ether oxygens (including phenoxy) is 1. The van der Waals surface area contributed by atoms with Crippen molar-refractivity contribution in [3.63, 3.8) is 0 Å². The third-order valence-electron chi connectivity index (χ3n) is 2.49. The summed E-state index contributed by atoms with van der Waals surface area (Å²) in [4.78, 5) is 16.0. The summed E-state index contributed by atoms with van der Waals surface area (Å²) < 4.78 is 18.5. The van der Waals surface area contributed by atoms with Crippen molar-refractivity contribution in [3.8, 4) is 5.75 Å². The topological polar surface area (TPSA) is 51.2 Å². The number of aryl methyl sites for hydroxylation is 1. The molecule has 0 atom stereocenters. The van der Waals surface area contributed by atoms with Gasteiger partial charge in [0.2, 0.25) is 0 Å². The first-order chi connectivity index (χ1) is 9.10. The molecule has 0 spiro atoms. The second-order valence-electron chi connectivity index (χ2n) is 3.91. The molecule has 0 saturated heterocycles. The van der Waals surface area contributed by atoms with Gasteiger partial charge in [0, 0.05) is 17.1 Å². The molecule has 0 aliphatic rings. The SMILES string of the molecule is COc1ccc(C(=O)NCc2nc(C)cs2)c(F)c1. The Kier molecular flexibility index (Phi) is 4.11. The van der Waals surface area contributed by atoms with E-state index >= 15 is 0 Å². The lowest BCUT2D eigenvalue weighted by Crippen LogP contribution is -2.23. The van der Waals surface area contributed by atoms with Gasteiger partial charge in [0.05, 0.1) is 19.2 Å². The van der Waals surface area contributed by atoms with Crippen molar-refractivity contribution < 1.29 is 13.9 Å². The van der Waals surface area contributed by atoms with Gasteiger partial charge in [-0.3, -0.25) is 4.79 Å². The summed E-state index contributed by atoms with van der Waals surface area (Å²) in [5, 5.41) is 5.32. The van der Waals surface area contributed by atoms with Crippen LogP contribution in [0, 0.1) is 12.7 Å². The van der Waals surface area contributed by atoms with Crippen LogP contribution < -0.4 is 10.1 Å². The van der Waals surface area contributed by atoms with Crippen LogP contribution in [0.25, 0.3) is 0 Å². The van der Waals surface area contributed by atoms with Crippen molar-refractivity contribution in [3.05, 3.63) is 45.7 Å². The molecule has 6 heteroatoms. The van der Waals surface area contributed by atoms with E-state index in [9.17, 15) is 9.18 Å². The van der Waals surface area contributed by atoms with E-state index in [1.54, 1.807) is 6.07 Å². The molecule has 19 heavy (non-hydrogen) atoms. The molecule has 100 valence electrons. The maximum atomic E-state index is 13.7. The molecule has 0 saturated carbocycles. The van der Waals surface area contributed by atoms with Gasteiger partial charge in [-0.1, -0.05) is 0 Å². The summed E-state index contributed by atoms with van der Waals surface area (Å²) in [6.07, 6.45) is 0. The predicted molar refractivity (Wildman–Crippen MR) is 71.0 cm³/mol. The fourth-order valence-corrected chi connectivity index (χ4v) is 2.25. The van der Waals surface area contributed by atoms with Crippen molar-refractivity contribution in [1.82, 2.24) is 10.3 Å². The lowest BCUT2D eigenvalue weighted by atomic mass is 10.2. The third kappa shape index (κ3) is 3.29. The summed E-state index contributed by atoms with van der Waals surface area (Å²) in [6.45, 7) is 2.17. The van der Waals surface area contributed by atoms with Crippen LogP contribution in [0.2, 0.25) is 0 Å². The summed E-state index contributed by atoms with van der Waals surface area (Å²) in [6, 6.07) is 4.13. The molecule has 1 amide bonds. The molecule has 4 nitrogen and oxygen atoms in total. The average Bonchev–Trinajstić information content (AvgIpc) is 2.81. The Morgan fingerprint density at radius 2 is 2.32 bits per heavy atom. The zero-order chi connectivity index (χ0) is 13.8. The number of nitrogens with one attached hydrogen (secondary N) is 1. The largest absolute Gasteiger partial charge is 0.497 e. The van der Waals surface area contributed by atoms with Crippen LogP contribution in [0.1, 0.15) is 21.1 Å². The number of nitrogens with zero attached hydrogens (tertiary/aromatic N) is 1. The molecule has 0 unspecified atom stereocenters. The van der Waals surface area contributed by atoms with Gasteiger partial charge in [0.1, 0.15) is 16.6 Å². The van der Waals surface area contributed by atoms with Crippen molar-refractivity contribution >= 4 is 17.2 Å². The first-order valence-electron chi connectivity index (χ1n) is 5.63. The van der Waals surface area contributed by atoms with Crippen molar-refractivity contribution in [2.45, 2.75) is 13.5 Å².